The van der Waals surface area contributed by atoms with E-state index in [1.54, 1.807) is 43.5 Å². The number of hydrogen-bond donors (Lipinski definition) is 2. The van der Waals surface area contributed by atoms with Crippen molar-refractivity contribution in [3.63, 3.8) is 0 Å². The molecule has 0 atom stereocenters. The molecular formula is C23H30N8O3S. The minimum absolute atomic E-state index is 0.205. The van der Waals surface area contributed by atoms with Gasteiger partial charge in [0.15, 0.2) is 5.82 Å². The van der Waals surface area contributed by atoms with Crippen molar-refractivity contribution in [2.45, 2.75) is 0 Å². The van der Waals surface area contributed by atoms with Gasteiger partial charge in [0, 0.05) is 45.5 Å². The number of nitrogen functional groups attached to an aromatic ring is 1. The van der Waals surface area contributed by atoms with Crippen molar-refractivity contribution in [3.8, 4) is 5.75 Å². The number of fused-ring (bicyclic) bond motifs is 1. The number of rotatable bonds is 8. The molecule has 2 heterocycles. The van der Waals surface area contributed by atoms with Gasteiger partial charge in [-0.25, -0.2) is 9.29 Å². The van der Waals surface area contributed by atoms with Crippen molar-refractivity contribution < 1.29 is 13.2 Å². The van der Waals surface area contributed by atoms with E-state index in [9.17, 15) is 8.42 Å². The van der Waals surface area contributed by atoms with Crippen LogP contribution in [0.1, 0.15) is 0 Å². The Balaban J connectivity index is 1.65. The average Bonchev–Trinajstić information content (AvgIpc) is 3.03. The predicted molar refractivity (Wildman–Crippen MR) is 140 cm³/mol. The van der Waals surface area contributed by atoms with E-state index in [1.165, 1.54) is 21.9 Å². The third-order valence-electron chi connectivity index (χ3n) is 5.75. The maximum Gasteiger partial charge on any atom is 0.331 e. The lowest BCUT2D eigenvalue weighted by molar-refractivity contribution is 0.413. The molecule has 4 rings (SSSR count). The molecule has 0 aliphatic carbocycles. The molecule has 2 aromatic carbocycles. The van der Waals surface area contributed by atoms with Gasteiger partial charge in [-0.05, 0) is 32.3 Å². The van der Waals surface area contributed by atoms with Gasteiger partial charge >= 0.3 is 10.2 Å². The van der Waals surface area contributed by atoms with Crippen LogP contribution in [-0.4, -0.2) is 71.7 Å². The normalized spacial score (nSPS) is 14.2. The maximum atomic E-state index is 13.1. The molecule has 0 saturated heterocycles. The number of anilines is 7. The van der Waals surface area contributed by atoms with E-state index in [0.717, 1.165) is 18.8 Å². The number of methoxy groups -OCH3 is 1. The molecule has 35 heavy (non-hydrogen) atoms. The summed E-state index contributed by atoms with van der Waals surface area (Å²) < 4.78 is 34.2. The van der Waals surface area contributed by atoms with E-state index in [2.05, 4.69) is 25.1 Å². The number of ether oxygens (including phenoxy) is 1. The Morgan fingerprint density at radius 1 is 1.09 bits per heavy atom. The third kappa shape index (κ3) is 4.62. The van der Waals surface area contributed by atoms with E-state index >= 15 is 0 Å². The Morgan fingerprint density at radius 3 is 2.49 bits per heavy atom. The van der Waals surface area contributed by atoms with Crippen molar-refractivity contribution in [1.29, 1.82) is 0 Å². The lowest BCUT2D eigenvalue weighted by Gasteiger charge is -2.24. The molecule has 12 heteroatoms. The molecule has 3 N–H and O–H groups in total. The zero-order valence-electron chi connectivity index (χ0n) is 20.4. The van der Waals surface area contributed by atoms with Crippen LogP contribution in [-0.2, 0) is 10.2 Å². The van der Waals surface area contributed by atoms with Gasteiger partial charge in [0.05, 0.1) is 35.5 Å². The van der Waals surface area contributed by atoms with Crippen LogP contribution in [0.3, 0.4) is 0 Å². The second-order valence-electron chi connectivity index (χ2n) is 8.43. The summed E-state index contributed by atoms with van der Waals surface area (Å²) in [5.74, 6) is 0.973. The van der Waals surface area contributed by atoms with Gasteiger partial charge < -0.3 is 25.6 Å². The molecule has 0 radical (unpaired) electrons. The quantitative estimate of drug-likeness (QED) is 0.452. The van der Waals surface area contributed by atoms with Crippen molar-refractivity contribution >= 4 is 50.4 Å². The van der Waals surface area contributed by atoms with E-state index in [-0.39, 0.29) is 11.8 Å². The van der Waals surface area contributed by atoms with Crippen LogP contribution < -0.4 is 29.3 Å². The molecule has 0 bridgehead atoms. The van der Waals surface area contributed by atoms with Crippen LogP contribution in [0.25, 0.3) is 0 Å². The minimum atomic E-state index is -3.82. The Morgan fingerprint density at radius 2 is 1.80 bits per heavy atom. The number of nitrogens with two attached hydrogens (primary N) is 1. The standard InChI is InChI=1S/C23H30N8O3S/c1-28(2)12-13-29(3)20-15-21(34-5)17(14-16(20)24)26-23-25-11-10-22(27-23)31-19-9-7-6-8-18(19)30(4)35(31,32)33/h6-11,14-15H,12-13,24H2,1-5H3,(H,25,26,27). The highest BCUT2D eigenvalue weighted by atomic mass is 32.2. The van der Waals surface area contributed by atoms with Gasteiger partial charge in [-0.3, -0.25) is 4.31 Å². The molecule has 0 fully saturated rings. The fourth-order valence-electron chi connectivity index (χ4n) is 3.81. The first-order valence-corrected chi connectivity index (χ1v) is 12.3. The Bertz CT molecular complexity index is 1330. The molecule has 1 aromatic heterocycles. The summed E-state index contributed by atoms with van der Waals surface area (Å²) in [4.78, 5) is 12.9. The number of hydrogen-bond acceptors (Lipinski definition) is 9. The summed E-state index contributed by atoms with van der Waals surface area (Å²) in [6.45, 7) is 1.66. The number of likely N-dealkylation sites (N-methyl/N-ethyl adjacent to an activating group) is 2. The number of nitrogens with one attached hydrogen (secondary N) is 1. The molecule has 3 aromatic rings. The summed E-state index contributed by atoms with van der Waals surface area (Å²) in [5, 5.41) is 3.12. The van der Waals surface area contributed by atoms with Crippen molar-refractivity contribution in [2.24, 2.45) is 0 Å². The smallest absolute Gasteiger partial charge is 0.331 e. The number of para-hydroxylation sites is 2. The number of benzene rings is 2. The van der Waals surface area contributed by atoms with Crippen LogP contribution in [0.2, 0.25) is 0 Å². The van der Waals surface area contributed by atoms with Crippen molar-refractivity contribution in [1.82, 2.24) is 14.9 Å². The van der Waals surface area contributed by atoms with Crippen LogP contribution in [0, 0.1) is 0 Å². The molecule has 11 nitrogen and oxygen atoms in total. The predicted octanol–water partition coefficient (Wildman–Crippen LogP) is 2.64. The van der Waals surface area contributed by atoms with Crippen LogP contribution in [0.5, 0.6) is 5.75 Å². The maximum absolute atomic E-state index is 13.1. The lowest BCUT2D eigenvalue weighted by Crippen LogP contribution is -2.32. The molecule has 186 valence electrons. The third-order valence-corrected chi connectivity index (χ3v) is 7.49. The van der Waals surface area contributed by atoms with E-state index in [0.29, 0.717) is 28.5 Å². The summed E-state index contributed by atoms with van der Waals surface area (Å²) in [5.41, 5.74) is 9.41. The molecule has 1 aliphatic heterocycles. The van der Waals surface area contributed by atoms with Gasteiger partial charge in [0.25, 0.3) is 0 Å². The second-order valence-corrected chi connectivity index (χ2v) is 10.2. The Hall–Kier alpha value is -3.77. The lowest BCUT2D eigenvalue weighted by atomic mass is 10.2. The SMILES string of the molecule is COc1cc(N(C)CCN(C)C)c(N)cc1Nc1nccc(N2c3ccccc3N(C)S2(=O)=O)n1. The molecule has 0 amide bonds. The summed E-state index contributed by atoms with van der Waals surface area (Å²) in [6, 6.07) is 12.2. The number of aromatic nitrogens is 2. The van der Waals surface area contributed by atoms with E-state index < -0.39 is 10.2 Å². The van der Waals surface area contributed by atoms with Gasteiger partial charge in [0.2, 0.25) is 5.95 Å². The van der Waals surface area contributed by atoms with Gasteiger partial charge in [-0.2, -0.15) is 13.4 Å². The van der Waals surface area contributed by atoms with Crippen molar-refractivity contribution in [3.05, 3.63) is 48.7 Å². The van der Waals surface area contributed by atoms with Gasteiger partial charge in [0.1, 0.15) is 5.75 Å². The zero-order chi connectivity index (χ0) is 25.3. The molecule has 0 spiro atoms. The summed E-state index contributed by atoms with van der Waals surface area (Å²) in [7, 11) is 5.27. The van der Waals surface area contributed by atoms with Gasteiger partial charge in [-0.15, -0.1) is 0 Å². The highest BCUT2D eigenvalue weighted by Gasteiger charge is 2.39. The van der Waals surface area contributed by atoms with E-state index in [1.807, 2.05) is 27.2 Å². The zero-order valence-corrected chi connectivity index (χ0v) is 21.2. The largest absolute Gasteiger partial charge is 0.494 e. The molecule has 1 aliphatic rings. The monoisotopic (exact) mass is 498 g/mol. The molecule has 0 unspecified atom stereocenters. The Labute approximate surface area is 205 Å². The second kappa shape index (κ2) is 9.47. The fourth-order valence-corrected chi connectivity index (χ4v) is 5.20. The van der Waals surface area contributed by atoms with E-state index in [4.69, 9.17) is 10.5 Å². The number of nitrogens with zero attached hydrogens (tertiary/aromatic N) is 6. The first-order valence-electron chi connectivity index (χ1n) is 10.9. The van der Waals surface area contributed by atoms with Gasteiger partial charge in [-0.1, -0.05) is 12.1 Å². The fraction of sp³-hybridized carbons (Fsp3) is 0.304. The molecular weight excluding hydrogens is 468 g/mol. The Kier molecular flexibility index (Phi) is 6.59. The van der Waals surface area contributed by atoms with Crippen molar-refractivity contribution in [2.75, 3.05) is 73.0 Å². The topological polar surface area (TPSA) is 120 Å². The minimum Gasteiger partial charge on any atom is -0.494 e. The molecule has 0 saturated carbocycles. The summed E-state index contributed by atoms with van der Waals surface area (Å²) in [6.07, 6.45) is 1.50. The summed E-state index contributed by atoms with van der Waals surface area (Å²) >= 11 is 0. The average molecular weight is 499 g/mol. The van der Waals surface area contributed by atoms with Crippen LogP contribution in [0.4, 0.5) is 40.2 Å². The first-order chi connectivity index (χ1) is 16.6. The first kappa shape index (κ1) is 24.4. The highest BCUT2D eigenvalue weighted by Crippen LogP contribution is 2.44. The highest BCUT2D eigenvalue weighted by molar-refractivity contribution is 7.95. The van der Waals surface area contributed by atoms with Crippen LogP contribution in [0.15, 0.2) is 48.7 Å². The van der Waals surface area contributed by atoms with Crippen LogP contribution >= 0.6 is 0 Å².